The van der Waals surface area contributed by atoms with Gasteiger partial charge in [-0.15, -0.1) is 0 Å². The molecule has 2 bridgehead atoms. The number of hydrogen-bond acceptors (Lipinski definition) is 7. The molecule has 1 aromatic carbocycles. The predicted molar refractivity (Wildman–Crippen MR) is 128 cm³/mol. The number of piperazine rings is 2. The molecule has 166 valence electrons. The highest BCUT2D eigenvalue weighted by atomic mass is 15.3. The highest BCUT2D eigenvalue weighted by molar-refractivity contribution is 5.95. The van der Waals surface area contributed by atoms with Gasteiger partial charge in [0.1, 0.15) is 11.9 Å². The second-order valence-electron chi connectivity index (χ2n) is 9.94. The summed E-state index contributed by atoms with van der Waals surface area (Å²) >= 11 is 0. The number of hydrogen-bond donors (Lipinski definition) is 1. The lowest BCUT2D eigenvalue weighted by molar-refractivity contribution is 0.133. The quantitative estimate of drug-likeness (QED) is 0.661. The summed E-state index contributed by atoms with van der Waals surface area (Å²) < 4.78 is 0. The summed E-state index contributed by atoms with van der Waals surface area (Å²) in [5, 5.41) is 14.2. The molecule has 6 heterocycles. The van der Waals surface area contributed by atoms with E-state index < -0.39 is 0 Å². The molecule has 0 unspecified atom stereocenters. The third-order valence-electron chi connectivity index (χ3n) is 8.09. The molecule has 0 radical (unpaired) electrons. The van der Waals surface area contributed by atoms with Crippen LogP contribution in [0, 0.1) is 11.3 Å². The van der Waals surface area contributed by atoms with E-state index in [1.165, 1.54) is 23.4 Å². The summed E-state index contributed by atoms with van der Waals surface area (Å²) in [4.78, 5) is 17.3. The van der Waals surface area contributed by atoms with Gasteiger partial charge in [-0.05, 0) is 49.2 Å². The largest absolute Gasteiger partial charge is 0.368 e. The summed E-state index contributed by atoms with van der Waals surface area (Å²) in [5.74, 6) is 1.15. The summed E-state index contributed by atoms with van der Waals surface area (Å²) in [7, 11) is 0. The Bertz CT molecular complexity index is 1300. The monoisotopic (exact) mass is 437 g/mol. The molecule has 3 aromatic rings. The molecule has 7 rings (SSSR count). The molecule has 0 aliphatic carbocycles. The summed E-state index contributed by atoms with van der Waals surface area (Å²) in [5.41, 5.74) is 5.21. The first-order chi connectivity index (χ1) is 16.2. The average Bonchev–Trinajstić information content (AvgIpc) is 3.57. The number of anilines is 2. The molecule has 4 aliphatic heterocycles. The van der Waals surface area contributed by atoms with Crippen LogP contribution >= 0.6 is 0 Å². The van der Waals surface area contributed by atoms with Crippen LogP contribution < -0.4 is 15.1 Å². The summed E-state index contributed by atoms with van der Waals surface area (Å²) in [6.07, 6.45) is 3.01. The zero-order valence-corrected chi connectivity index (χ0v) is 18.8. The van der Waals surface area contributed by atoms with Crippen LogP contribution in [-0.4, -0.2) is 59.2 Å². The lowest BCUT2D eigenvalue weighted by atomic mass is 10.0. The van der Waals surface area contributed by atoms with Crippen molar-refractivity contribution >= 4 is 22.4 Å². The van der Waals surface area contributed by atoms with Crippen LogP contribution in [0.2, 0.25) is 0 Å². The minimum atomic E-state index is 0.337. The van der Waals surface area contributed by atoms with Crippen molar-refractivity contribution in [1.82, 2.24) is 20.2 Å². The Hall–Kier alpha value is -3.21. The third kappa shape index (κ3) is 2.87. The number of nitrogens with zero attached hydrogens (tertiary/aromatic N) is 6. The maximum absolute atomic E-state index is 9.52. The van der Waals surface area contributed by atoms with Gasteiger partial charge in [0, 0.05) is 68.1 Å². The zero-order valence-electron chi connectivity index (χ0n) is 18.8. The fourth-order valence-corrected chi connectivity index (χ4v) is 6.49. The Kier molecular flexibility index (Phi) is 4.17. The number of nitriles is 1. The normalized spacial score (nSPS) is 28.2. The topological polar surface area (TPSA) is 71.3 Å². The van der Waals surface area contributed by atoms with Gasteiger partial charge in [-0.1, -0.05) is 6.07 Å². The Morgan fingerprint density at radius 1 is 1.12 bits per heavy atom. The number of benzene rings is 1. The standard InChI is InChI=1S/C26H27N7/c1-16-12-31(23-6-4-17(10-27)26-21(23)3-2-8-28-26)15-24-20-5-7-25(30-22(20)14-32(16)24)33-13-18-9-19(33)11-29-18/h2-8,16,18-19,24,29H,9,11-15H2,1H3/t16-,18-,19-,24-/m1/s1. The van der Waals surface area contributed by atoms with E-state index in [0.29, 0.717) is 29.7 Å². The Morgan fingerprint density at radius 3 is 2.88 bits per heavy atom. The average molecular weight is 438 g/mol. The first kappa shape index (κ1) is 19.3. The number of nitrogens with one attached hydrogen (secondary N) is 1. The third-order valence-corrected chi connectivity index (χ3v) is 8.09. The molecule has 0 spiro atoms. The molecule has 2 aromatic heterocycles. The van der Waals surface area contributed by atoms with E-state index in [2.05, 4.69) is 62.3 Å². The molecular weight excluding hydrogens is 410 g/mol. The van der Waals surface area contributed by atoms with E-state index in [9.17, 15) is 5.26 Å². The number of rotatable bonds is 2. The maximum Gasteiger partial charge on any atom is 0.129 e. The molecule has 33 heavy (non-hydrogen) atoms. The zero-order chi connectivity index (χ0) is 22.1. The Balaban J connectivity index is 1.22. The van der Waals surface area contributed by atoms with Gasteiger partial charge in [0.2, 0.25) is 0 Å². The minimum Gasteiger partial charge on any atom is -0.368 e. The first-order valence-corrected chi connectivity index (χ1v) is 12.0. The van der Waals surface area contributed by atoms with Crippen LogP contribution in [0.5, 0.6) is 0 Å². The van der Waals surface area contributed by atoms with Crippen molar-refractivity contribution < 1.29 is 0 Å². The fraction of sp³-hybridized carbons (Fsp3) is 0.423. The van der Waals surface area contributed by atoms with Gasteiger partial charge in [0.15, 0.2) is 0 Å². The van der Waals surface area contributed by atoms with E-state index >= 15 is 0 Å². The molecule has 7 nitrogen and oxygen atoms in total. The van der Waals surface area contributed by atoms with Crippen molar-refractivity contribution in [3.8, 4) is 6.07 Å². The highest BCUT2D eigenvalue weighted by Gasteiger charge is 2.42. The van der Waals surface area contributed by atoms with Crippen molar-refractivity contribution in [2.75, 3.05) is 36.0 Å². The molecule has 0 amide bonds. The summed E-state index contributed by atoms with van der Waals surface area (Å²) in [6.45, 7) is 7.28. The van der Waals surface area contributed by atoms with Crippen molar-refractivity contribution in [1.29, 1.82) is 5.26 Å². The van der Waals surface area contributed by atoms with Crippen molar-refractivity contribution in [2.45, 2.75) is 44.1 Å². The van der Waals surface area contributed by atoms with E-state index in [4.69, 9.17) is 4.98 Å². The van der Waals surface area contributed by atoms with Gasteiger partial charge in [0.25, 0.3) is 0 Å². The molecule has 3 saturated heterocycles. The van der Waals surface area contributed by atoms with Crippen LogP contribution in [0.3, 0.4) is 0 Å². The van der Waals surface area contributed by atoms with Crippen LogP contribution in [0.4, 0.5) is 11.5 Å². The SMILES string of the molecule is C[C@@H]1CN(c2ccc(C#N)c3ncccc23)C[C@@H]2c3ccc(N4C[C@H]5C[C@@H]4CN5)nc3CN12. The smallest absolute Gasteiger partial charge is 0.129 e. The van der Waals surface area contributed by atoms with Crippen molar-refractivity contribution in [3.63, 3.8) is 0 Å². The van der Waals surface area contributed by atoms with Crippen LogP contribution in [0.15, 0.2) is 42.6 Å². The van der Waals surface area contributed by atoms with Crippen LogP contribution in [0.25, 0.3) is 10.9 Å². The van der Waals surface area contributed by atoms with Crippen molar-refractivity contribution in [3.05, 3.63) is 59.4 Å². The lowest BCUT2D eigenvalue weighted by Crippen LogP contribution is -2.51. The second kappa shape index (κ2) is 7.14. The molecule has 3 fully saturated rings. The van der Waals surface area contributed by atoms with E-state index in [1.807, 2.05) is 12.1 Å². The van der Waals surface area contributed by atoms with Gasteiger partial charge in [-0.3, -0.25) is 9.88 Å². The first-order valence-electron chi connectivity index (χ1n) is 12.0. The van der Waals surface area contributed by atoms with Gasteiger partial charge in [0.05, 0.1) is 22.8 Å². The second-order valence-corrected chi connectivity index (χ2v) is 9.94. The molecule has 0 saturated carbocycles. The Morgan fingerprint density at radius 2 is 2.06 bits per heavy atom. The number of pyridine rings is 2. The fourth-order valence-electron chi connectivity index (χ4n) is 6.49. The van der Waals surface area contributed by atoms with Crippen molar-refractivity contribution in [2.24, 2.45) is 0 Å². The van der Waals surface area contributed by atoms with E-state index in [-0.39, 0.29) is 0 Å². The van der Waals surface area contributed by atoms with Gasteiger partial charge >= 0.3 is 0 Å². The van der Waals surface area contributed by atoms with Gasteiger partial charge < -0.3 is 15.1 Å². The van der Waals surface area contributed by atoms with Gasteiger partial charge in [-0.25, -0.2) is 4.98 Å². The molecular formula is C26H27N7. The maximum atomic E-state index is 9.52. The molecule has 7 heteroatoms. The minimum absolute atomic E-state index is 0.337. The predicted octanol–water partition coefficient (Wildman–Crippen LogP) is 2.82. The molecule has 1 N–H and O–H groups in total. The van der Waals surface area contributed by atoms with Crippen LogP contribution in [-0.2, 0) is 6.54 Å². The Labute approximate surface area is 193 Å². The number of aromatic nitrogens is 2. The number of fused-ring (bicyclic) bond motifs is 6. The van der Waals surface area contributed by atoms with E-state index in [1.54, 1.807) is 6.20 Å². The van der Waals surface area contributed by atoms with E-state index in [0.717, 1.165) is 49.4 Å². The summed E-state index contributed by atoms with van der Waals surface area (Å²) in [6, 6.07) is 16.9. The molecule has 4 atom stereocenters. The molecule has 4 aliphatic rings. The van der Waals surface area contributed by atoms with Crippen LogP contribution in [0.1, 0.15) is 36.2 Å². The lowest BCUT2D eigenvalue weighted by Gasteiger charge is -2.43. The van der Waals surface area contributed by atoms with Gasteiger partial charge in [-0.2, -0.15) is 5.26 Å². The highest BCUT2D eigenvalue weighted by Crippen LogP contribution is 2.41.